The Hall–Kier alpha value is -3.25. The topological polar surface area (TPSA) is 102 Å². The lowest BCUT2D eigenvalue weighted by atomic mass is 9.97. The maximum absolute atomic E-state index is 14.8. The van der Waals surface area contributed by atoms with Crippen molar-refractivity contribution < 1.29 is 32.6 Å². The van der Waals surface area contributed by atoms with E-state index >= 15 is 0 Å². The summed E-state index contributed by atoms with van der Waals surface area (Å²) in [7, 11) is 0. The molecule has 2 saturated carbocycles. The van der Waals surface area contributed by atoms with Crippen molar-refractivity contribution in [2.75, 3.05) is 22.9 Å². The lowest BCUT2D eigenvalue weighted by Gasteiger charge is -2.32. The van der Waals surface area contributed by atoms with Gasteiger partial charge in [-0.15, -0.1) is 0 Å². The highest BCUT2D eigenvalue weighted by molar-refractivity contribution is 5.97. The van der Waals surface area contributed by atoms with Crippen LogP contribution in [-0.4, -0.2) is 57.0 Å². The number of halogens is 4. The summed E-state index contributed by atoms with van der Waals surface area (Å²) in [4.78, 5) is 24.6. The lowest BCUT2D eigenvalue weighted by Crippen LogP contribution is -2.48. The zero-order chi connectivity index (χ0) is 25.4. The summed E-state index contributed by atoms with van der Waals surface area (Å²) < 4.78 is 55.3. The quantitative estimate of drug-likeness (QED) is 0.537. The molecule has 0 bridgehead atoms. The van der Waals surface area contributed by atoms with E-state index in [1.54, 1.807) is 6.07 Å². The van der Waals surface area contributed by atoms with Crippen LogP contribution in [0.4, 0.5) is 35.0 Å². The Labute approximate surface area is 203 Å². The number of piperidine rings is 1. The fraction of sp³-hybridized carbons (Fsp3) is 0.458. The van der Waals surface area contributed by atoms with Gasteiger partial charge >= 0.3 is 6.18 Å². The number of alkyl halides is 3. The van der Waals surface area contributed by atoms with Crippen molar-refractivity contribution in [3.8, 4) is 0 Å². The number of nitrogens with one attached hydrogen (secondary N) is 1. The van der Waals surface area contributed by atoms with E-state index in [-0.39, 0.29) is 28.7 Å². The first-order valence-corrected chi connectivity index (χ1v) is 11.7. The van der Waals surface area contributed by atoms with Crippen LogP contribution in [0.25, 0.3) is 0 Å². The van der Waals surface area contributed by atoms with Crippen molar-refractivity contribution in [2.24, 2.45) is 11.8 Å². The Balaban J connectivity index is 1.38. The number of rotatable bonds is 5. The van der Waals surface area contributed by atoms with E-state index in [2.05, 4.69) is 9.97 Å². The molecular formula is C24H23F4N5O3. The van der Waals surface area contributed by atoms with E-state index in [9.17, 15) is 32.6 Å². The van der Waals surface area contributed by atoms with E-state index in [0.717, 1.165) is 18.7 Å². The van der Waals surface area contributed by atoms with Crippen molar-refractivity contribution in [1.29, 1.82) is 0 Å². The van der Waals surface area contributed by atoms with Crippen molar-refractivity contribution >= 4 is 23.4 Å². The van der Waals surface area contributed by atoms with Crippen LogP contribution in [0, 0.1) is 17.7 Å². The molecule has 4 heterocycles. The number of hydrogen-bond acceptors (Lipinski definition) is 7. The number of aliphatic hydroxyl groups is 2. The van der Waals surface area contributed by atoms with Crippen LogP contribution in [0.3, 0.4) is 0 Å². The second-order valence-corrected chi connectivity index (χ2v) is 9.96. The van der Waals surface area contributed by atoms with Crippen LogP contribution in [0.15, 0.2) is 42.2 Å². The molecule has 8 nitrogen and oxygen atoms in total. The molecular weight excluding hydrogens is 482 g/mol. The molecule has 1 saturated heterocycles. The van der Waals surface area contributed by atoms with E-state index in [4.69, 9.17) is 0 Å². The van der Waals surface area contributed by atoms with Crippen LogP contribution in [0.1, 0.15) is 30.9 Å². The molecule has 3 N–H and O–H groups in total. The largest absolute Gasteiger partial charge is 0.408 e. The Morgan fingerprint density at radius 1 is 1.22 bits per heavy atom. The standard InChI is InChI=1S/C24H23F4N5O3/c25-16-2-1-7-29-21(16)33-10-15(22(35)31-19(12-3-4-12)24(26,27)28)18(34)14-5-6-17(30-20(14)33)32-9-13-8-23(13,36)11-32/h1-2,5-7,10,12-13,18-19,34,36H,3-4,8-9,11H2,(H,31,35)/t13?,18?,19-,23?/m1/s1. The molecule has 190 valence electrons. The Bertz CT molecular complexity index is 1270. The third-order valence-electron chi connectivity index (χ3n) is 7.37. The minimum Gasteiger partial charge on any atom is -0.388 e. The second kappa shape index (κ2) is 7.87. The SMILES string of the molecule is O=C(N[C@H](C1CC1)C(F)(F)F)C1=CN(c2ncccc2F)c2nc(N3CC4CC4(O)C3)ccc2C1O. The first kappa shape index (κ1) is 23.2. The predicted molar refractivity (Wildman–Crippen MR) is 120 cm³/mol. The number of carbonyl (C=O) groups is 1. The van der Waals surface area contributed by atoms with Gasteiger partial charge in [-0.05, 0) is 49.4 Å². The molecule has 4 atom stereocenters. The van der Waals surface area contributed by atoms with Crippen LogP contribution in [0.5, 0.6) is 0 Å². The van der Waals surface area contributed by atoms with Crippen molar-refractivity contribution in [3.05, 3.63) is 53.6 Å². The molecule has 36 heavy (non-hydrogen) atoms. The third kappa shape index (κ3) is 3.88. The maximum Gasteiger partial charge on any atom is 0.408 e. The minimum absolute atomic E-state index is 0.0938. The van der Waals surface area contributed by atoms with E-state index in [1.165, 1.54) is 23.2 Å². The number of nitrogens with zero attached hydrogens (tertiary/aromatic N) is 4. The molecule has 4 aliphatic rings. The number of hydrogen-bond donors (Lipinski definition) is 3. The number of aromatic nitrogens is 2. The van der Waals surface area contributed by atoms with Crippen LogP contribution in [0.2, 0.25) is 0 Å². The molecule has 2 aromatic rings. The average molecular weight is 505 g/mol. The Kier molecular flexibility index (Phi) is 5.07. The summed E-state index contributed by atoms with van der Waals surface area (Å²) in [5.41, 5.74) is -1.01. The molecule has 6 rings (SSSR count). The number of fused-ring (bicyclic) bond motifs is 2. The summed E-state index contributed by atoms with van der Waals surface area (Å²) in [5.74, 6) is -2.06. The lowest BCUT2D eigenvalue weighted by molar-refractivity contribution is -0.165. The number of β-amino-alcohol motifs (C(OH)–C–C–N with tert-alkyl or cyclic N) is 1. The number of aliphatic hydroxyl groups excluding tert-OH is 1. The van der Waals surface area contributed by atoms with Gasteiger partial charge in [0.05, 0.1) is 11.2 Å². The van der Waals surface area contributed by atoms with Crippen LogP contribution in [-0.2, 0) is 4.79 Å². The Morgan fingerprint density at radius 2 is 2.00 bits per heavy atom. The number of amides is 1. The summed E-state index contributed by atoms with van der Waals surface area (Å²) in [5, 5.41) is 23.4. The molecule has 3 unspecified atom stereocenters. The summed E-state index contributed by atoms with van der Waals surface area (Å²) in [6, 6.07) is 3.60. The normalized spacial score (nSPS) is 27.8. The van der Waals surface area contributed by atoms with Gasteiger partial charge in [-0.25, -0.2) is 14.4 Å². The molecule has 2 aliphatic heterocycles. The molecule has 0 aromatic carbocycles. The van der Waals surface area contributed by atoms with Gasteiger partial charge in [0.2, 0.25) is 0 Å². The van der Waals surface area contributed by atoms with Crippen molar-refractivity contribution in [3.63, 3.8) is 0 Å². The summed E-state index contributed by atoms with van der Waals surface area (Å²) >= 11 is 0. The van der Waals surface area contributed by atoms with Crippen LogP contribution >= 0.6 is 0 Å². The first-order valence-electron chi connectivity index (χ1n) is 11.7. The predicted octanol–water partition coefficient (Wildman–Crippen LogP) is 2.71. The van der Waals surface area contributed by atoms with Gasteiger partial charge in [0.1, 0.15) is 23.8 Å². The molecule has 2 aliphatic carbocycles. The zero-order valence-electron chi connectivity index (χ0n) is 18.9. The maximum atomic E-state index is 14.8. The third-order valence-corrected chi connectivity index (χ3v) is 7.37. The van der Waals surface area contributed by atoms with Gasteiger partial charge in [0.15, 0.2) is 11.6 Å². The van der Waals surface area contributed by atoms with Gasteiger partial charge in [0, 0.05) is 37.0 Å². The summed E-state index contributed by atoms with van der Waals surface area (Å²) in [6.45, 7) is 0.972. The van der Waals surface area contributed by atoms with Gasteiger partial charge in [0.25, 0.3) is 5.91 Å². The van der Waals surface area contributed by atoms with Crippen molar-refractivity contribution in [2.45, 2.75) is 43.2 Å². The summed E-state index contributed by atoms with van der Waals surface area (Å²) in [6.07, 6.45) is -2.40. The van der Waals surface area contributed by atoms with Gasteiger partial charge in [-0.1, -0.05) is 0 Å². The van der Waals surface area contributed by atoms with Gasteiger partial charge in [-0.2, -0.15) is 13.2 Å². The molecule has 0 radical (unpaired) electrons. The van der Waals surface area contributed by atoms with E-state index < -0.39 is 41.6 Å². The van der Waals surface area contributed by atoms with Crippen LogP contribution < -0.4 is 15.1 Å². The highest BCUT2D eigenvalue weighted by atomic mass is 19.4. The number of pyridine rings is 2. The molecule has 0 spiro atoms. The molecule has 2 aromatic heterocycles. The minimum atomic E-state index is -4.64. The Morgan fingerprint density at radius 3 is 2.64 bits per heavy atom. The zero-order valence-corrected chi connectivity index (χ0v) is 18.9. The average Bonchev–Trinajstić information content (AvgIpc) is 3.74. The first-order chi connectivity index (χ1) is 17.0. The fourth-order valence-corrected chi connectivity index (χ4v) is 5.12. The van der Waals surface area contributed by atoms with Crippen molar-refractivity contribution in [1.82, 2.24) is 15.3 Å². The van der Waals surface area contributed by atoms with E-state index in [1.807, 2.05) is 10.2 Å². The highest BCUT2D eigenvalue weighted by Crippen LogP contribution is 2.50. The van der Waals surface area contributed by atoms with Gasteiger partial charge < -0.3 is 20.4 Å². The second-order valence-electron chi connectivity index (χ2n) is 9.96. The van der Waals surface area contributed by atoms with Gasteiger partial charge in [-0.3, -0.25) is 9.69 Å². The molecule has 1 amide bonds. The fourth-order valence-electron chi connectivity index (χ4n) is 5.12. The number of anilines is 3. The molecule has 3 fully saturated rings. The molecule has 12 heteroatoms. The van der Waals surface area contributed by atoms with E-state index in [0.29, 0.717) is 31.7 Å². The highest BCUT2D eigenvalue weighted by Gasteiger charge is 2.59. The monoisotopic (exact) mass is 505 g/mol. The number of carbonyl (C=O) groups excluding carboxylic acids is 1. The smallest absolute Gasteiger partial charge is 0.388 e.